The van der Waals surface area contributed by atoms with E-state index in [1.54, 1.807) is 0 Å². The van der Waals surface area contributed by atoms with Gasteiger partial charge in [0, 0.05) is 0 Å². The molecule has 0 bridgehead atoms. The van der Waals surface area contributed by atoms with Crippen LogP contribution >= 0.6 is 26.8 Å². The Morgan fingerprint density at radius 3 is 2.58 bits per heavy atom. The molecule has 98 valence electrons. The summed E-state index contributed by atoms with van der Waals surface area (Å²) in [6, 6.07) is 8.45. The van der Waals surface area contributed by atoms with Crippen molar-refractivity contribution in [1.29, 1.82) is 0 Å². The quantitative estimate of drug-likeness (QED) is 0.657. The molecule has 1 aromatic carbocycles. The van der Waals surface area contributed by atoms with Crippen LogP contribution in [0.3, 0.4) is 0 Å². The monoisotopic (exact) mass is 344 g/mol. The van der Waals surface area contributed by atoms with Crippen LogP contribution in [0.1, 0.15) is 26.5 Å². The van der Waals surface area contributed by atoms with Crippen molar-refractivity contribution in [2.45, 2.75) is 18.1 Å². The molecule has 4 heteroatoms. The zero-order valence-corrected chi connectivity index (χ0v) is 14.9. The summed E-state index contributed by atoms with van der Waals surface area (Å²) < 4.78 is 1.59. The van der Waals surface area contributed by atoms with Gasteiger partial charge in [-0.1, -0.05) is 0 Å². The molecule has 1 aromatic heterocycles. The van der Waals surface area contributed by atoms with Crippen LogP contribution in [0.15, 0.2) is 36.1 Å². The Morgan fingerprint density at radius 2 is 1.89 bits per heavy atom. The molecule has 2 unspecified atom stereocenters. The number of hydrogen-bond acceptors (Lipinski definition) is 0. The standard InChI is InChI=1S/C9H7.C6H8P.2ClH.Ti/c1-2-5-9-7-3-6-8(9)4-1;1-5-3-7-4-6(5)2;;;/h1-7H;3,7H,1-2H3;2*1H;/q;;;;+2/p-2. The maximum absolute atomic E-state index is 6.95. The average molecular weight is 345 g/mol. The van der Waals surface area contributed by atoms with Crippen LogP contribution in [-0.4, -0.2) is 0 Å². The van der Waals surface area contributed by atoms with Crippen molar-refractivity contribution in [3.05, 3.63) is 58.4 Å². The summed E-state index contributed by atoms with van der Waals surface area (Å²) in [5, 5.41) is 0. The van der Waals surface area contributed by atoms with E-state index < -0.39 is 14.5 Å². The van der Waals surface area contributed by atoms with Crippen LogP contribution in [0.25, 0.3) is 6.08 Å². The molecule has 0 nitrogen and oxygen atoms in total. The van der Waals surface area contributed by atoms with Gasteiger partial charge in [0.25, 0.3) is 0 Å². The van der Waals surface area contributed by atoms with Gasteiger partial charge in [0.1, 0.15) is 0 Å². The summed E-state index contributed by atoms with van der Waals surface area (Å²) in [7, 11) is 14.6. The fourth-order valence-electron chi connectivity index (χ4n) is 2.66. The fourth-order valence-corrected chi connectivity index (χ4v) is 12.9. The molecule has 19 heavy (non-hydrogen) atoms. The van der Waals surface area contributed by atoms with Gasteiger partial charge in [0.2, 0.25) is 0 Å². The number of hydrogen-bond donors (Lipinski definition) is 0. The average Bonchev–Trinajstić information content (AvgIpc) is 2.95. The van der Waals surface area contributed by atoms with E-state index >= 15 is 0 Å². The van der Waals surface area contributed by atoms with Crippen LogP contribution in [0, 0.1) is 13.8 Å². The van der Waals surface area contributed by atoms with Crippen molar-refractivity contribution < 1.29 is 14.5 Å². The fraction of sp³-hybridized carbons (Fsp3) is 0.200. The molecule has 0 aliphatic heterocycles. The van der Waals surface area contributed by atoms with Gasteiger partial charge in [0.15, 0.2) is 0 Å². The summed E-state index contributed by atoms with van der Waals surface area (Å²) in [6.45, 7) is 4.32. The van der Waals surface area contributed by atoms with Gasteiger partial charge in [-0.3, -0.25) is 0 Å². The van der Waals surface area contributed by atoms with E-state index in [-0.39, 0.29) is 4.22 Å². The van der Waals surface area contributed by atoms with Crippen molar-refractivity contribution in [2.24, 2.45) is 0 Å². The second-order valence-electron chi connectivity index (χ2n) is 5.06. The van der Waals surface area contributed by atoms with Gasteiger partial charge >= 0.3 is 127 Å². The Balaban J connectivity index is 2.08. The van der Waals surface area contributed by atoms with Crippen LogP contribution in [-0.2, 0) is 14.5 Å². The van der Waals surface area contributed by atoms with E-state index in [1.165, 1.54) is 25.9 Å². The number of benzene rings is 1. The topological polar surface area (TPSA) is 0 Å². The second-order valence-corrected chi connectivity index (χ2v) is 16.3. The van der Waals surface area contributed by atoms with Crippen LogP contribution in [0.5, 0.6) is 0 Å². The predicted octanol–water partition coefficient (Wildman–Crippen LogP) is 5.19. The van der Waals surface area contributed by atoms with Crippen LogP contribution in [0.2, 0.25) is 0 Å². The SMILES string of the molecule is Cc1c[pH][c]([Ti]([Cl])([Cl])[CH]2C=Cc3ccccc32)c1C. The Kier molecular flexibility index (Phi) is 3.76. The minimum atomic E-state index is -3.07. The molecular weight excluding hydrogens is 330 g/mol. The molecule has 0 saturated carbocycles. The van der Waals surface area contributed by atoms with Gasteiger partial charge in [-0.2, -0.15) is 0 Å². The molecule has 1 aliphatic carbocycles. The minimum absolute atomic E-state index is 0.233. The van der Waals surface area contributed by atoms with Gasteiger partial charge in [-0.25, -0.2) is 0 Å². The second kappa shape index (κ2) is 5.10. The Labute approximate surface area is 127 Å². The Morgan fingerprint density at radius 1 is 1.16 bits per heavy atom. The van der Waals surface area contributed by atoms with E-state index in [0.717, 1.165) is 0 Å². The number of aryl methyl sites for hydroxylation is 1. The Bertz CT molecular complexity index is 658. The van der Waals surface area contributed by atoms with E-state index in [2.05, 4.69) is 56.1 Å². The van der Waals surface area contributed by atoms with Gasteiger partial charge in [-0.15, -0.1) is 0 Å². The van der Waals surface area contributed by atoms with E-state index in [4.69, 9.17) is 18.6 Å². The number of halogens is 2. The zero-order chi connectivity index (χ0) is 13.6. The van der Waals surface area contributed by atoms with E-state index in [9.17, 15) is 0 Å². The van der Waals surface area contributed by atoms with Crippen molar-refractivity contribution in [1.82, 2.24) is 0 Å². The third kappa shape index (κ3) is 2.29. The first-order valence-electron chi connectivity index (χ1n) is 6.32. The molecule has 1 aliphatic rings. The van der Waals surface area contributed by atoms with E-state index in [1.807, 2.05) is 0 Å². The molecule has 0 radical (unpaired) electrons. The van der Waals surface area contributed by atoms with Gasteiger partial charge < -0.3 is 0 Å². The molecule has 1 heterocycles. The molecular formula is C15H15Cl2PTi. The third-order valence-electron chi connectivity index (χ3n) is 3.92. The van der Waals surface area contributed by atoms with Crippen molar-refractivity contribution in [2.75, 3.05) is 0 Å². The summed E-state index contributed by atoms with van der Waals surface area (Å²) >= 11 is -3.07. The summed E-state index contributed by atoms with van der Waals surface area (Å²) in [4.78, 5) is 0. The first-order valence-corrected chi connectivity index (χ1v) is 13.4. The molecule has 0 amide bonds. The Hall–Kier alpha value is 0.0343. The molecule has 2 aromatic rings. The van der Waals surface area contributed by atoms with Crippen molar-refractivity contribution >= 4 is 36.5 Å². The maximum atomic E-state index is 6.95. The van der Waals surface area contributed by atoms with Crippen LogP contribution in [0.4, 0.5) is 0 Å². The molecule has 2 atom stereocenters. The first-order chi connectivity index (χ1) is 9.01. The van der Waals surface area contributed by atoms with Gasteiger partial charge in [0.05, 0.1) is 0 Å². The first kappa shape index (κ1) is 14.0. The third-order valence-corrected chi connectivity index (χ3v) is 15.9. The number of allylic oxidation sites excluding steroid dienone is 1. The molecule has 0 spiro atoms. The molecule has 0 fully saturated rings. The number of rotatable bonds is 2. The summed E-state index contributed by atoms with van der Waals surface area (Å²) in [6.07, 6.45) is 4.38. The normalized spacial score (nSPS) is 18.2. The zero-order valence-electron chi connectivity index (χ0n) is 10.9. The van der Waals surface area contributed by atoms with Gasteiger partial charge in [-0.05, 0) is 0 Å². The van der Waals surface area contributed by atoms with E-state index in [0.29, 0.717) is 8.19 Å². The molecule has 0 N–H and O–H groups in total. The van der Waals surface area contributed by atoms with Crippen molar-refractivity contribution in [3.63, 3.8) is 0 Å². The predicted molar refractivity (Wildman–Crippen MR) is 85.0 cm³/mol. The van der Waals surface area contributed by atoms with Crippen LogP contribution < -0.4 is 3.60 Å². The summed E-state index contributed by atoms with van der Waals surface area (Å²) in [5.41, 5.74) is 5.26. The molecule has 3 rings (SSSR count). The number of fused-ring (bicyclic) bond motifs is 1. The van der Waals surface area contributed by atoms with Crippen molar-refractivity contribution in [3.8, 4) is 0 Å². The summed E-state index contributed by atoms with van der Waals surface area (Å²) in [5.74, 6) is 2.28. The molecule has 0 saturated heterocycles.